The van der Waals surface area contributed by atoms with Crippen LogP contribution in [-0.2, 0) is 22.5 Å². The lowest BCUT2D eigenvalue weighted by molar-refractivity contribution is -0.107. The molecule has 1 heterocycles. The molecule has 1 aromatic heterocycles. The van der Waals surface area contributed by atoms with Gasteiger partial charge in [-0.1, -0.05) is 17.7 Å². The largest absolute Gasteiger partial charge is 0.461 e. The molecule has 2 rings (SSSR count). The molecule has 0 aliphatic carbocycles. The van der Waals surface area contributed by atoms with E-state index in [2.05, 4.69) is 5.10 Å². The van der Waals surface area contributed by atoms with Crippen molar-refractivity contribution in [1.29, 1.82) is 0 Å². The van der Waals surface area contributed by atoms with E-state index in [9.17, 15) is 18.4 Å². The number of aldehydes is 1. The van der Waals surface area contributed by atoms with E-state index in [1.807, 2.05) is 0 Å². The summed E-state index contributed by atoms with van der Waals surface area (Å²) < 4.78 is 33.4. The van der Waals surface area contributed by atoms with Crippen LogP contribution in [0.3, 0.4) is 0 Å². The molecule has 0 saturated heterocycles. The summed E-state index contributed by atoms with van der Waals surface area (Å²) in [6.45, 7) is 1.42. The standard InChI is InChI=1S/C15H13ClF2N2O3/c1-2-23-15(22)13-9(6-7-21)14(16)20(19-13)8-10-11(17)4-3-5-12(10)18/h3-5,7H,2,6,8H2,1H3. The maximum atomic E-state index is 13.7. The van der Waals surface area contributed by atoms with Crippen LogP contribution in [-0.4, -0.2) is 28.6 Å². The van der Waals surface area contributed by atoms with Gasteiger partial charge >= 0.3 is 5.97 Å². The number of hydrogen-bond acceptors (Lipinski definition) is 4. The Balaban J connectivity index is 2.45. The Kier molecular flexibility index (Phi) is 5.44. The van der Waals surface area contributed by atoms with Crippen molar-refractivity contribution in [2.45, 2.75) is 19.9 Å². The lowest BCUT2D eigenvalue weighted by Crippen LogP contribution is -2.10. The number of ether oxygens (including phenoxy) is 1. The van der Waals surface area contributed by atoms with Crippen molar-refractivity contribution in [3.05, 3.63) is 51.8 Å². The van der Waals surface area contributed by atoms with Gasteiger partial charge in [0.2, 0.25) is 0 Å². The minimum absolute atomic E-state index is 0.0391. The lowest BCUT2D eigenvalue weighted by atomic mass is 10.2. The van der Waals surface area contributed by atoms with Crippen molar-refractivity contribution in [3.63, 3.8) is 0 Å². The molecule has 0 unspecified atom stereocenters. The number of carbonyl (C=O) groups excluding carboxylic acids is 2. The second kappa shape index (κ2) is 7.32. The fourth-order valence-electron chi connectivity index (χ4n) is 2.04. The first-order valence-corrected chi connectivity index (χ1v) is 7.16. The van der Waals surface area contributed by atoms with Gasteiger partial charge in [-0.3, -0.25) is 0 Å². The van der Waals surface area contributed by atoms with Crippen LogP contribution in [0.5, 0.6) is 0 Å². The summed E-state index contributed by atoms with van der Waals surface area (Å²) in [6.07, 6.45) is 0.395. The van der Waals surface area contributed by atoms with Gasteiger partial charge < -0.3 is 9.53 Å². The van der Waals surface area contributed by atoms with Gasteiger partial charge in [0.25, 0.3) is 0 Å². The summed E-state index contributed by atoms with van der Waals surface area (Å²) in [5.41, 5.74) is -0.220. The van der Waals surface area contributed by atoms with Gasteiger partial charge in [-0.05, 0) is 19.1 Å². The molecule has 8 heteroatoms. The fourth-order valence-corrected chi connectivity index (χ4v) is 2.31. The molecule has 0 fully saturated rings. The molecule has 0 radical (unpaired) electrons. The van der Waals surface area contributed by atoms with Crippen molar-refractivity contribution >= 4 is 23.9 Å². The van der Waals surface area contributed by atoms with E-state index in [4.69, 9.17) is 16.3 Å². The first kappa shape index (κ1) is 17.1. The fraction of sp³-hybridized carbons (Fsp3) is 0.267. The van der Waals surface area contributed by atoms with Gasteiger partial charge in [-0.25, -0.2) is 18.3 Å². The lowest BCUT2D eigenvalue weighted by Gasteiger charge is -2.06. The maximum Gasteiger partial charge on any atom is 0.359 e. The number of carbonyl (C=O) groups is 2. The Morgan fingerprint density at radius 2 is 2.00 bits per heavy atom. The van der Waals surface area contributed by atoms with Crippen LogP contribution in [0.25, 0.3) is 0 Å². The molecular weight excluding hydrogens is 330 g/mol. The molecule has 23 heavy (non-hydrogen) atoms. The van der Waals surface area contributed by atoms with Crippen LogP contribution in [0.2, 0.25) is 5.15 Å². The van der Waals surface area contributed by atoms with Crippen LogP contribution in [0.1, 0.15) is 28.5 Å². The van der Waals surface area contributed by atoms with E-state index in [0.717, 1.165) is 16.8 Å². The van der Waals surface area contributed by atoms with Crippen LogP contribution >= 0.6 is 11.6 Å². The Morgan fingerprint density at radius 1 is 1.35 bits per heavy atom. The molecule has 1 aromatic carbocycles. The SMILES string of the molecule is CCOC(=O)c1nn(Cc2c(F)cccc2F)c(Cl)c1CC=O. The zero-order valence-corrected chi connectivity index (χ0v) is 12.9. The van der Waals surface area contributed by atoms with E-state index in [-0.39, 0.29) is 41.5 Å². The van der Waals surface area contributed by atoms with Crippen molar-refractivity contribution in [3.8, 4) is 0 Å². The number of aromatic nitrogens is 2. The predicted molar refractivity (Wildman–Crippen MR) is 78.4 cm³/mol. The van der Waals surface area contributed by atoms with Gasteiger partial charge in [-0.15, -0.1) is 0 Å². The number of rotatable bonds is 6. The zero-order valence-electron chi connectivity index (χ0n) is 12.2. The van der Waals surface area contributed by atoms with Gasteiger partial charge in [0.05, 0.1) is 13.2 Å². The van der Waals surface area contributed by atoms with Gasteiger partial charge in [0, 0.05) is 17.5 Å². The number of hydrogen-bond donors (Lipinski definition) is 0. The zero-order chi connectivity index (χ0) is 17.0. The molecule has 122 valence electrons. The molecule has 0 aliphatic heterocycles. The van der Waals surface area contributed by atoms with Crippen LogP contribution in [0.15, 0.2) is 18.2 Å². The van der Waals surface area contributed by atoms with E-state index in [0.29, 0.717) is 6.29 Å². The summed E-state index contributed by atoms with van der Waals surface area (Å²) >= 11 is 6.10. The number of benzene rings is 1. The molecule has 0 atom stereocenters. The second-order valence-electron chi connectivity index (χ2n) is 4.57. The average molecular weight is 343 g/mol. The second-order valence-corrected chi connectivity index (χ2v) is 4.93. The van der Waals surface area contributed by atoms with Crippen molar-refractivity contribution in [1.82, 2.24) is 9.78 Å². The van der Waals surface area contributed by atoms with Crippen LogP contribution < -0.4 is 0 Å². The first-order valence-electron chi connectivity index (χ1n) is 6.78. The smallest absolute Gasteiger partial charge is 0.359 e. The van der Waals surface area contributed by atoms with Gasteiger partial charge in [0.1, 0.15) is 23.1 Å². The van der Waals surface area contributed by atoms with Gasteiger partial charge in [0.15, 0.2) is 5.69 Å². The van der Waals surface area contributed by atoms with E-state index in [1.165, 1.54) is 6.07 Å². The molecule has 0 spiro atoms. The number of nitrogens with zero attached hydrogens (tertiary/aromatic N) is 2. The summed E-state index contributed by atoms with van der Waals surface area (Å²) in [7, 11) is 0. The molecule has 0 N–H and O–H groups in total. The predicted octanol–water partition coefficient (Wildman–Crippen LogP) is 2.78. The monoisotopic (exact) mass is 342 g/mol. The number of halogens is 3. The van der Waals surface area contributed by atoms with Crippen molar-refractivity contribution in [2.75, 3.05) is 6.61 Å². The molecule has 5 nitrogen and oxygen atoms in total. The van der Waals surface area contributed by atoms with E-state index < -0.39 is 17.6 Å². The number of esters is 1. The molecule has 0 bridgehead atoms. The van der Waals surface area contributed by atoms with Crippen LogP contribution in [0.4, 0.5) is 8.78 Å². The minimum Gasteiger partial charge on any atom is -0.461 e. The molecule has 0 saturated carbocycles. The van der Waals surface area contributed by atoms with Crippen LogP contribution in [0, 0.1) is 11.6 Å². The Morgan fingerprint density at radius 3 is 2.57 bits per heavy atom. The summed E-state index contributed by atoms with van der Waals surface area (Å²) in [5, 5.41) is 3.90. The van der Waals surface area contributed by atoms with E-state index in [1.54, 1.807) is 6.92 Å². The third-order valence-electron chi connectivity index (χ3n) is 3.11. The minimum atomic E-state index is -0.758. The normalized spacial score (nSPS) is 10.6. The topological polar surface area (TPSA) is 61.2 Å². The van der Waals surface area contributed by atoms with Crippen molar-refractivity contribution in [2.24, 2.45) is 0 Å². The van der Waals surface area contributed by atoms with E-state index >= 15 is 0 Å². The summed E-state index contributed by atoms with van der Waals surface area (Å²) in [4.78, 5) is 22.6. The average Bonchev–Trinajstić information content (AvgIpc) is 2.81. The van der Waals surface area contributed by atoms with Gasteiger partial charge in [-0.2, -0.15) is 5.10 Å². The quantitative estimate of drug-likeness (QED) is 0.598. The highest BCUT2D eigenvalue weighted by Crippen LogP contribution is 2.23. The molecule has 0 amide bonds. The highest BCUT2D eigenvalue weighted by atomic mass is 35.5. The Hall–Kier alpha value is -2.28. The third kappa shape index (κ3) is 3.56. The highest BCUT2D eigenvalue weighted by Gasteiger charge is 2.23. The first-order chi connectivity index (χ1) is 11.0. The van der Waals surface area contributed by atoms with Crippen molar-refractivity contribution < 1.29 is 23.1 Å². The summed E-state index contributed by atoms with van der Waals surface area (Å²) in [6, 6.07) is 3.45. The molecular formula is C15H13ClF2N2O3. The maximum absolute atomic E-state index is 13.7. The molecule has 0 aliphatic rings. The Bertz CT molecular complexity index is 726. The molecule has 2 aromatic rings. The third-order valence-corrected chi connectivity index (χ3v) is 3.53. The highest BCUT2D eigenvalue weighted by molar-refractivity contribution is 6.31. The summed E-state index contributed by atoms with van der Waals surface area (Å²) in [5.74, 6) is -2.27. The Labute approximate surface area is 135 Å².